The van der Waals surface area contributed by atoms with Crippen LogP contribution >= 0.6 is 0 Å². The van der Waals surface area contributed by atoms with Gasteiger partial charge in [-0.2, -0.15) is 0 Å². The molecule has 0 spiro atoms. The molecule has 0 aliphatic heterocycles. The van der Waals surface area contributed by atoms with E-state index in [2.05, 4.69) is 20.8 Å². The summed E-state index contributed by atoms with van der Waals surface area (Å²) in [7, 11) is 1.94. The third kappa shape index (κ3) is 2.29. The minimum atomic E-state index is 0.163. The molecule has 0 radical (unpaired) electrons. The van der Waals surface area contributed by atoms with Crippen LogP contribution in [0.4, 0.5) is 0 Å². The molecule has 4 aliphatic carbocycles. The maximum absolute atomic E-state index is 5.98. The summed E-state index contributed by atoms with van der Waals surface area (Å²) >= 11 is 0. The first kappa shape index (κ1) is 16.2. The van der Waals surface area contributed by atoms with Crippen molar-refractivity contribution in [3.8, 4) is 0 Å². The SMILES string of the molecule is CCC1(OC)CCC2=C(CCC3C2CCC2(C)C(C)CCC32)C1. The lowest BCUT2D eigenvalue weighted by molar-refractivity contribution is -0.0342. The zero-order valence-corrected chi connectivity index (χ0v) is 15.8. The third-order valence-corrected chi connectivity index (χ3v) is 9.06. The van der Waals surface area contributed by atoms with Crippen molar-refractivity contribution in [2.75, 3.05) is 7.11 Å². The summed E-state index contributed by atoms with van der Waals surface area (Å²) in [6.07, 6.45) is 13.8. The molecule has 0 saturated heterocycles. The number of rotatable bonds is 2. The Morgan fingerprint density at radius 3 is 2.65 bits per heavy atom. The van der Waals surface area contributed by atoms with Gasteiger partial charge in [0.05, 0.1) is 5.60 Å². The lowest BCUT2D eigenvalue weighted by Crippen LogP contribution is -2.45. The second-order valence-electron chi connectivity index (χ2n) is 9.48. The average molecular weight is 317 g/mol. The van der Waals surface area contributed by atoms with Gasteiger partial charge < -0.3 is 4.74 Å². The molecule has 6 unspecified atom stereocenters. The molecule has 0 heterocycles. The Morgan fingerprint density at radius 1 is 1.09 bits per heavy atom. The van der Waals surface area contributed by atoms with Crippen molar-refractivity contribution in [3.63, 3.8) is 0 Å². The summed E-state index contributed by atoms with van der Waals surface area (Å²) < 4.78 is 5.98. The summed E-state index contributed by atoms with van der Waals surface area (Å²) in [6, 6.07) is 0. The molecule has 1 nitrogen and oxygen atoms in total. The molecule has 0 bridgehead atoms. The Labute approximate surface area is 143 Å². The lowest BCUT2D eigenvalue weighted by Gasteiger charge is -2.53. The van der Waals surface area contributed by atoms with E-state index >= 15 is 0 Å². The minimum absolute atomic E-state index is 0.163. The highest BCUT2D eigenvalue weighted by Crippen LogP contribution is 2.63. The molecule has 0 N–H and O–H groups in total. The highest BCUT2D eigenvalue weighted by Gasteiger charge is 2.54. The fourth-order valence-electron chi connectivity index (χ4n) is 7.17. The van der Waals surface area contributed by atoms with Crippen LogP contribution in [0, 0.1) is 29.1 Å². The average Bonchev–Trinajstić information content (AvgIpc) is 2.89. The second kappa shape index (κ2) is 5.61. The molecular weight excluding hydrogens is 280 g/mol. The molecule has 0 aromatic heterocycles. The van der Waals surface area contributed by atoms with E-state index in [1.54, 1.807) is 0 Å². The van der Waals surface area contributed by atoms with Crippen molar-refractivity contribution < 1.29 is 4.74 Å². The zero-order valence-electron chi connectivity index (χ0n) is 15.8. The standard InChI is InChI=1S/C22H36O/c1-5-22(23-4)13-11-17-16(14-22)7-8-19-18(17)10-12-21(3)15(2)6-9-20(19)21/h15,18-20H,5-14H2,1-4H3. The fourth-order valence-corrected chi connectivity index (χ4v) is 7.17. The fraction of sp³-hybridized carbons (Fsp3) is 0.909. The van der Waals surface area contributed by atoms with Crippen molar-refractivity contribution in [1.82, 2.24) is 0 Å². The number of hydrogen-bond donors (Lipinski definition) is 0. The molecule has 6 atom stereocenters. The van der Waals surface area contributed by atoms with Gasteiger partial charge in [0.25, 0.3) is 0 Å². The van der Waals surface area contributed by atoms with Gasteiger partial charge in [0.2, 0.25) is 0 Å². The predicted octanol–water partition coefficient (Wildman–Crippen LogP) is 6.13. The lowest BCUT2D eigenvalue weighted by atomic mass is 9.53. The zero-order chi connectivity index (χ0) is 16.2. The summed E-state index contributed by atoms with van der Waals surface area (Å²) in [5, 5.41) is 0. The van der Waals surface area contributed by atoms with E-state index in [1.807, 2.05) is 18.3 Å². The summed E-state index contributed by atoms with van der Waals surface area (Å²) in [6.45, 7) is 7.47. The van der Waals surface area contributed by atoms with E-state index in [9.17, 15) is 0 Å². The molecule has 4 rings (SSSR count). The molecule has 0 amide bonds. The summed E-state index contributed by atoms with van der Waals surface area (Å²) in [5.74, 6) is 3.92. The molecule has 0 aromatic carbocycles. The van der Waals surface area contributed by atoms with Crippen LogP contribution in [-0.4, -0.2) is 12.7 Å². The van der Waals surface area contributed by atoms with Crippen LogP contribution in [0.2, 0.25) is 0 Å². The first-order valence-corrected chi connectivity index (χ1v) is 10.3. The van der Waals surface area contributed by atoms with Crippen LogP contribution in [0.15, 0.2) is 11.1 Å². The van der Waals surface area contributed by atoms with Gasteiger partial charge in [-0.25, -0.2) is 0 Å². The molecule has 23 heavy (non-hydrogen) atoms. The molecule has 1 heteroatoms. The Morgan fingerprint density at radius 2 is 1.91 bits per heavy atom. The first-order valence-electron chi connectivity index (χ1n) is 10.3. The Balaban J connectivity index is 1.60. The van der Waals surface area contributed by atoms with Crippen LogP contribution in [0.25, 0.3) is 0 Å². The minimum Gasteiger partial charge on any atom is -0.378 e. The van der Waals surface area contributed by atoms with E-state index in [-0.39, 0.29) is 5.60 Å². The predicted molar refractivity (Wildman–Crippen MR) is 96.4 cm³/mol. The highest BCUT2D eigenvalue weighted by atomic mass is 16.5. The highest BCUT2D eigenvalue weighted by molar-refractivity contribution is 5.28. The molecule has 2 saturated carbocycles. The third-order valence-electron chi connectivity index (χ3n) is 9.06. The second-order valence-corrected chi connectivity index (χ2v) is 9.48. The Kier molecular flexibility index (Phi) is 3.95. The first-order chi connectivity index (χ1) is 11.0. The molecular formula is C22H36O. The monoisotopic (exact) mass is 316 g/mol. The Hall–Kier alpha value is -0.300. The van der Waals surface area contributed by atoms with Gasteiger partial charge in [-0.05, 0) is 93.3 Å². The van der Waals surface area contributed by atoms with Crippen molar-refractivity contribution in [2.24, 2.45) is 29.1 Å². The molecule has 2 fully saturated rings. The van der Waals surface area contributed by atoms with Crippen LogP contribution in [0.3, 0.4) is 0 Å². The molecule has 0 aromatic rings. The van der Waals surface area contributed by atoms with Crippen molar-refractivity contribution in [1.29, 1.82) is 0 Å². The van der Waals surface area contributed by atoms with E-state index in [0.717, 1.165) is 23.7 Å². The van der Waals surface area contributed by atoms with Gasteiger partial charge in [-0.15, -0.1) is 0 Å². The number of allylic oxidation sites excluding steroid dienone is 1. The maximum Gasteiger partial charge on any atom is 0.0716 e. The van der Waals surface area contributed by atoms with Crippen molar-refractivity contribution in [3.05, 3.63) is 11.1 Å². The number of methoxy groups -OCH3 is 1. The Bertz CT molecular complexity index is 500. The van der Waals surface area contributed by atoms with Crippen molar-refractivity contribution in [2.45, 2.75) is 90.6 Å². The number of hydrogen-bond acceptors (Lipinski definition) is 1. The van der Waals surface area contributed by atoms with E-state index in [1.165, 1.54) is 64.2 Å². The van der Waals surface area contributed by atoms with E-state index < -0.39 is 0 Å². The van der Waals surface area contributed by atoms with Crippen LogP contribution < -0.4 is 0 Å². The van der Waals surface area contributed by atoms with E-state index in [0.29, 0.717) is 5.41 Å². The van der Waals surface area contributed by atoms with Crippen LogP contribution in [-0.2, 0) is 4.74 Å². The van der Waals surface area contributed by atoms with Gasteiger partial charge in [0.15, 0.2) is 0 Å². The largest absolute Gasteiger partial charge is 0.378 e. The van der Waals surface area contributed by atoms with Gasteiger partial charge >= 0.3 is 0 Å². The van der Waals surface area contributed by atoms with Crippen molar-refractivity contribution >= 4 is 0 Å². The topological polar surface area (TPSA) is 9.23 Å². The van der Waals surface area contributed by atoms with Crippen LogP contribution in [0.1, 0.15) is 85.0 Å². The molecule has 130 valence electrons. The smallest absolute Gasteiger partial charge is 0.0716 e. The quantitative estimate of drug-likeness (QED) is 0.556. The van der Waals surface area contributed by atoms with Gasteiger partial charge in [-0.1, -0.05) is 31.9 Å². The van der Waals surface area contributed by atoms with Crippen LogP contribution in [0.5, 0.6) is 0 Å². The normalized spacial score (nSPS) is 49.6. The maximum atomic E-state index is 5.98. The van der Waals surface area contributed by atoms with Gasteiger partial charge in [-0.3, -0.25) is 0 Å². The van der Waals surface area contributed by atoms with Gasteiger partial charge in [0.1, 0.15) is 0 Å². The summed E-state index contributed by atoms with van der Waals surface area (Å²) in [4.78, 5) is 0. The number of fused-ring (bicyclic) bond motifs is 4. The van der Waals surface area contributed by atoms with E-state index in [4.69, 9.17) is 4.74 Å². The number of ether oxygens (including phenoxy) is 1. The summed E-state index contributed by atoms with van der Waals surface area (Å²) in [5.41, 5.74) is 4.55. The molecule has 4 aliphatic rings. The van der Waals surface area contributed by atoms with Gasteiger partial charge in [0, 0.05) is 7.11 Å².